The van der Waals surface area contributed by atoms with Gasteiger partial charge in [0.2, 0.25) is 11.8 Å². The summed E-state index contributed by atoms with van der Waals surface area (Å²) < 4.78 is 6.15. The first kappa shape index (κ1) is 37.0. The molecule has 2 heterocycles. The second-order valence-electron chi connectivity index (χ2n) is 12.6. The number of carbonyl (C=O) groups excluding carboxylic acids is 4. The van der Waals surface area contributed by atoms with Crippen LogP contribution in [-0.2, 0) is 16.0 Å². The number of benzene rings is 3. The fourth-order valence-corrected chi connectivity index (χ4v) is 5.49. The fraction of sp³-hybridized carbons (Fsp3) is 0.306. The maximum absolute atomic E-state index is 13.7. The molecule has 0 fully saturated rings. The Morgan fingerprint density at radius 3 is 2.40 bits per heavy atom. The number of aromatic nitrogens is 2. The summed E-state index contributed by atoms with van der Waals surface area (Å²) in [4.78, 5) is 66.8. The number of nitrogens with two attached hydrogens (primary N) is 4. The molecule has 5 rings (SSSR count). The number of fused-ring (bicyclic) bond motifs is 2. The molecule has 16 heteroatoms. The molecule has 0 spiro atoms. The van der Waals surface area contributed by atoms with Gasteiger partial charge in [-0.15, -0.1) is 0 Å². The Labute approximate surface area is 300 Å². The Morgan fingerprint density at radius 2 is 1.67 bits per heavy atom. The van der Waals surface area contributed by atoms with Crippen LogP contribution in [0.4, 0.5) is 11.4 Å². The van der Waals surface area contributed by atoms with Crippen molar-refractivity contribution in [3.8, 4) is 5.75 Å². The summed E-state index contributed by atoms with van der Waals surface area (Å²) >= 11 is 0. The lowest BCUT2D eigenvalue weighted by Crippen LogP contribution is -2.56. The zero-order chi connectivity index (χ0) is 37.4. The van der Waals surface area contributed by atoms with Gasteiger partial charge in [-0.05, 0) is 80.8 Å². The molecule has 4 amide bonds. The van der Waals surface area contributed by atoms with Crippen molar-refractivity contribution in [2.75, 3.05) is 30.7 Å². The number of hydrogen-bond donors (Lipinski definition) is 8. The summed E-state index contributed by atoms with van der Waals surface area (Å²) in [6.07, 6.45) is 1.04. The molecule has 52 heavy (non-hydrogen) atoms. The molecule has 0 unspecified atom stereocenters. The molecule has 0 aliphatic carbocycles. The minimum absolute atomic E-state index is 0.0430. The lowest BCUT2D eigenvalue weighted by Gasteiger charge is -2.26. The smallest absolute Gasteiger partial charge is 0.255 e. The molecule has 1 aliphatic heterocycles. The number of aryl methyl sites for hydroxylation is 2. The van der Waals surface area contributed by atoms with Gasteiger partial charge in [-0.2, -0.15) is 0 Å². The van der Waals surface area contributed by atoms with E-state index in [-0.39, 0.29) is 36.8 Å². The minimum Gasteiger partial charge on any atom is -0.491 e. The number of carbonyl (C=O) groups is 4. The van der Waals surface area contributed by atoms with E-state index in [1.807, 2.05) is 13.8 Å². The van der Waals surface area contributed by atoms with Gasteiger partial charge in [-0.1, -0.05) is 12.1 Å². The van der Waals surface area contributed by atoms with Crippen LogP contribution in [0.2, 0.25) is 0 Å². The molecular formula is C36H43N11O5. The Kier molecular flexibility index (Phi) is 11.8. The van der Waals surface area contributed by atoms with Gasteiger partial charge in [-0.3, -0.25) is 24.2 Å². The third-order valence-electron chi connectivity index (χ3n) is 8.48. The predicted octanol–water partition coefficient (Wildman–Crippen LogP) is 0.797. The van der Waals surface area contributed by atoms with Crippen molar-refractivity contribution in [3.63, 3.8) is 0 Å². The van der Waals surface area contributed by atoms with E-state index < -0.39 is 41.8 Å². The highest BCUT2D eigenvalue weighted by Crippen LogP contribution is 2.25. The quantitative estimate of drug-likeness (QED) is 0.0549. The Hall–Kier alpha value is -6.29. The molecule has 16 nitrogen and oxygen atoms in total. The number of ether oxygens (including phenoxy) is 1. The van der Waals surface area contributed by atoms with Crippen LogP contribution in [-0.4, -0.2) is 77.4 Å². The first-order valence-electron chi connectivity index (χ1n) is 16.7. The lowest BCUT2D eigenvalue weighted by molar-refractivity contribution is -0.130. The SMILES string of the molecule is Cc1nc2ccc(C(=O)Nc3ccc4c(c3)C(=O)NC[C@@H](N)C(=O)N[C@@H](Cc3ccc(N)cc3)C(=O)N[C@@H](CCCN=C(N)N)CO4)cc2nc1C. The summed E-state index contributed by atoms with van der Waals surface area (Å²) in [7, 11) is 0. The Balaban J connectivity index is 1.40. The first-order chi connectivity index (χ1) is 24.9. The highest BCUT2D eigenvalue weighted by molar-refractivity contribution is 6.07. The van der Waals surface area contributed by atoms with E-state index in [2.05, 4.69) is 36.2 Å². The van der Waals surface area contributed by atoms with Crippen LogP contribution in [0.15, 0.2) is 65.7 Å². The van der Waals surface area contributed by atoms with Crippen molar-refractivity contribution >= 4 is 52.0 Å². The zero-order valence-corrected chi connectivity index (χ0v) is 28.9. The second kappa shape index (κ2) is 16.6. The minimum atomic E-state index is -1.19. The van der Waals surface area contributed by atoms with Gasteiger partial charge in [0.1, 0.15) is 24.4 Å². The number of nitrogens with one attached hydrogen (secondary N) is 4. The van der Waals surface area contributed by atoms with Crippen molar-refractivity contribution in [1.29, 1.82) is 0 Å². The van der Waals surface area contributed by atoms with Crippen LogP contribution in [0.5, 0.6) is 5.75 Å². The number of hydrogen-bond acceptors (Lipinski definition) is 10. The van der Waals surface area contributed by atoms with E-state index in [1.54, 1.807) is 54.6 Å². The number of amides is 4. The number of guanidine groups is 1. The van der Waals surface area contributed by atoms with Crippen molar-refractivity contribution < 1.29 is 23.9 Å². The van der Waals surface area contributed by atoms with Gasteiger partial charge >= 0.3 is 0 Å². The number of aliphatic imine (C=N–C) groups is 1. The van der Waals surface area contributed by atoms with Crippen LogP contribution >= 0.6 is 0 Å². The molecule has 1 aromatic heterocycles. The van der Waals surface area contributed by atoms with E-state index in [4.69, 9.17) is 27.7 Å². The van der Waals surface area contributed by atoms with Gasteiger partial charge < -0.3 is 48.9 Å². The molecule has 0 saturated carbocycles. The molecule has 272 valence electrons. The van der Waals surface area contributed by atoms with E-state index in [0.29, 0.717) is 47.4 Å². The zero-order valence-electron chi connectivity index (χ0n) is 28.9. The topological polar surface area (TPSA) is 268 Å². The van der Waals surface area contributed by atoms with Crippen molar-refractivity contribution in [1.82, 2.24) is 25.9 Å². The van der Waals surface area contributed by atoms with Crippen LogP contribution in [0.3, 0.4) is 0 Å². The van der Waals surface area contributed by atoms with E-state index in [0.717, 1.165) is 17.0 Å². The summed E-state index contributed by atoms with van der Waals surface area (Å²) in [6.45, 7) is 3.73. The molecule has 0 bridgehead atoms. The number of anilines is 2. The molecular weight excluding hydrogens is 666 g/mol. The number of nitrogens with zero attached hydrogens (tertiary/aromatic N) is 3. The average molecular weight is 710 g/mol. The summed E-state index contributed by atoms with van der Waals surface area (Å²) in [5.41, 5.74) is 27.8. The van der Waals surface area contributed by atoms with E-state index in [9.17, 15) is 19.2 Å². The first-order valence-corrected chi connectivity index (χ1v) is 16.7. The lowest BCUT2D eigenvalue weighted by atomic mass is 10.0. The molecule has 0 radical (unpaired) electrons. The van der Waals surface area contributed by atoms with Gasteiger partial charge in [0.15, 0.2) is 5.96 Å². The van der Waals surface area contributed by atoms with Gasteiger partial charge in [-0.25, -0.2) is 9.97 Å². The summed E-state index contributed by atoms with van der Waals surface area (Å²) in [5, 5.41) is 11.2. The van der Waals surface area contributed by atoms with Crippen LogP contribution < -0.4 is 48.9 Å². The standard InChI is InChI=1S/C36H43N11O5/c1-19-20(2)44-29-15-22(7-11-28(29)43-19)32(48)45-24-10-12-31-26(16-24)33(49)42-17-27(38)34(50)47-30(14-21-5-8-23(37)9-6-21)35(51)46-25(18-52-31)4-3-13-41-36(39)40/h5-12,15-16,25,27,30H,3-4,13-14,17-18,37-38H2,1-2H3,(H,42,49)(H,45,48)(H,46,51)(H,47,50)(H4,39,40,41)/t25-,27+,30-/m0/s1. The van der Waals surface area contributed by atoms with Crippen LogP contribution in [0, 0.1) is 13.8 Å². The maximum atomic E-state index is 13.7. The normalized spacial score (nSPS) is 18.1. The molecule has 0 saturated heterocycles. The summed E-state index contributed by atoms with van der Waals surface area (Å²) in [5.74, 6) is -2.00. The fourth-order valence-electron chi connectivity index (χ4n) is 5.49. The molecule has 12 N–H and O–H groups in total. The third kappa shape index (κ3) is 9.69. The molecule has 1 aliphatic rings. The Bertz CT molecular complexity index is 2000. The number of nitrogen functional groups attached to an aromatic ring is 1. The Morgan fingerprint density at radius 1 is 0.942 bits per heavy atom. The highest BCUT2D eigenvalue weighted by Gasteiger charge is 2.28. The van der Waals surface area contributed by atoms with Gasteiger partial charge in [0, 0.05) is 36.4 Å². The maximum Gasteiger partial charge on any atom is 0.255 e. The van der Waals surface area contributed by atoms with Crippen molar-refractivity contribution in [2.45, 2.75) is 51.2 Å². The summed E-state index contributed by atoms with van der Waals surface area (Å²) in [6, 6.07) is 13.8. The van der Waals surface area contributed by atoms with E-state index in [1.165, 1.54) is 6.07 Å². The van der Waals surface area contributed by atoms with E-state index >= 15 is 0 Å². The number of rotatable bonds is 8. The third-order valence-corrected chi connectivity index (χ3v) is 8.48. The highest BCUT2D eigenvalue weighted by atomic mass is 16.5. The molecule has 4 aromatic rings. The molecule has 3 aromatic carbocycles. The average Bonchev–Trinajstić information content (AvgIpc) is 3.11. The molecule has 3 atom stereocenters. The predicted molar refractivity (Wildman–Crippen MR) is 198 cm³/mol. The second-order valence-corrected chi connectivity index (χ2v) is 12.6. The monoisotopic (exact) mass is 709 g/mol. The van der Waals surface area contributed by atoms with Crippen molar-refractivity contribution in [3.05, 3.63) is 88.7 Å². The van der Waals surface area contributed by atoms with Gasteiger partial charge in [0.05, 0.1) is 34.0 Å². The van der Waals surface area contributed by atoms with Crippen LogP contribution in [0.25, 0.3) is 11.0 Å². The van der Waals surface area contributed by atoms with Gasteiger partial charge in [0.25, 0.3) is 11.8 Å². The van der Waals surface area contributed by atoms with Crippen molar-refractivity contribution in [2.24, 2.45) is 22.2 Å². The van der Waals surface area contributed by atoms with Crippen LogP contribution in [0.1, 0.15) is 50.5 Å². The largest absolute Gasteiger partial charge is 0.491 e.